The number of halogens is 1. The lowest BCUT2D eigenvalue weighted by molar-refractivity contribution is 0.463. The summed E-state index contributed by atoms with van der Waals surface area (Å²) >= 11 is 0. The zero-order valence-corrected chi connectivity index (χ0v) is 10.0. The van der Waals surface area contributed by atoms with E-state index in [0.29, 0.717) is 22.3 Å². The Bertz CT molecular complexity index is 755. The maximum atomic E-state index is 13.5. The van der Waals surface area contributed by atoms with Crippen molar-refractivity contribution in [2.75, 3.05) is 5.73 Å². The molecule has 7 heteroatoms. The summed E-state index contributed by atoms with van der Waals surface area (Å²) in [5.41, 5.74) is 6.58. The molecule has 6 nitrogen and oxygen atoms in total. The molecule has 0 saturated carbocycles. The molecule has 0 spiro atoms. The number of nitrogens with one attached hydrogen (secondary N) is 1. The zero-order chi connectivity index (χ0) is 13.4. The van der Waals surface area contributed by atoms with Crippen molar-refractivity contribution in [2.24, 2.45) is 0 Å². The number of anilines is 1. The molecule has 96 valence electrons. The average Bonchev–Trinajstić information content (AvgIpc) is 2.82. The number of nitrogen functional groups attached to an aromatic ring is 1. The van der Waals surface area contributed by atoms with Gasteiger partial charge in [-0.3, -0.25) is 5.10 Å². The number of aromatic nitrogens is 4. The summed E-state index contributed by atoms with van der Waals surface area (Å²) in [6.07, 6.45) is 1.52. The van der Waals surface area contributed by atoms with E-state index >= 15 is 0 Å². The van der Waals surface area contributed by atoms with Gasteiger partial charge in [-0.05, 0) is 18.6 Å². The van der Waals surface area contributed by atoms with Gasteiger partial charge < -0.3 is 10.5 Å². The van der Waals surface area contributed by atoms with Crippen LogP contribution >= 0.6 is 0 Å². The summed E-state index contributed by atoms with van der Waals surface area (Å²) in [6, 6.07) is 4.57. The largest absolute Gasteiger partial charge is 0.438 e. The number of aromatic amines is 1. The maximum Gasteiger partial charge on any atom is 0.235 e. The number of aryl methyl sites for hydroxylation is 1. The van der Waals surface area contributed by atoms with Crippen LogP contribution in [-0.2, 0) is 0 Å². The van der Waals surface area contributed by atoms with E-state index in [2.05, 4.69) is 20.2 Å². The molecule has 0 saturated heterocycles. The summed E-state index contributed by atoms with van der Waals surface area (Å²) in [4.78, 5) is 7.95. The third-order valence-electron chi connectivity index (χ3n) is 2.65. The smallest absolute Gasteiger partial charge is 0.235 e. The van der Waals surface area contributed by atoms with E-state index in [0.717, 1.165) is 0 Å². The number of H-pyrrole nitrogens is 1. The maximum absolute atomic E-state index is 13.5. The summed E-state index contributed by atoms with van der Waals surface area (Å²) in [5, 5.41) is 7.09. The predicted octanol–water partition coefficient (Wildman–Crippen LogP) is 2.17. The highest BCUT2D eigenvalue weighted by molar-refractivity contribution is 5.80. The molecule has 3 N–H and O–H groups in total. The van der Waals surface area contributed by atoms with Gasteiger partial charge in [0, 0.05) is 6.07 Å². The summed E-state index contributed by atoms with van der Waals surface area (Å²) in [5.74, 6) is 0.283. The molecular formula is C12H10FN5O. The average molecular weight is 259 g/mol. The number of nitrogens with zero attached hydrogens (tertiary/aromatic N) is 3. The SMILES string of the molecule is Cc1ccc(Oc2nc(N)nc3[nH]ncc23)cc1F. The standard InChI is InChI=1S/C12H10FN5O/c1-6-2-3-7(4-9(6)13)19-11-8-5-15-18-10(8)16-12(14)17-11/h2-5H,1H3,(H3,14,15,16,17,18). The summed E-state index contributed by atoms with van der Waals surface area (Å²) < 4.78 is 19.0. The van der Waals surface area contributed by atoms with Gasteiger partial charge in [0.05, 0.1) is 6.20 Å². The highest BCUT2D eigenvalue weighted by atomic mass is 19.1. The van der Waals surface area contributed by atoms with Crippen molar-refractivity contribution in [2.45, 2.75) is 6.92 Å². The van der Waals surface area contributed by atoms with Crippen LogP contribution in [0.2, 0.25) is 0 Å². The molecule has 0 aliphatic heterocycles. The lowest BCUT2D eigenvalue weighted by Crippen LogP contribution is -1.98. The van der Waals surface area contributed by atoms with E-state index in [-0.39, 0.29) is 17.6 Å². The number of fused-ring (bicyclic) bond motifs is 1. The van der Waals surface area contributed by atoms with Crippen LogP contribution in [0.25, 0.3) is 11.0 Å². The van der Waals surface area contributed by atoms with Crippen molar-refractivity contribution in [3.63, 3.8) is 0 Å². The molecule has 0 amide bonds. The van der Waals surface area contributed by atoms with Crippen LogP contribution in [0.4, 0.5) is 10.3 Å². The molecule has 0 aliphatic carbocycles. The molecule has 0 atom stereocenters. The first kappa shape index (κ1) is 11.4. The third kappa shape index (κ3) is 2.05. The first-order valence-electron chi connectivity index (χ1n) is 5.54. The van der Waals surface area contributed by atoms with Gasteiger partial charge in [0.15, 0.2) is 5.65 Å². The van der Waals surface area contributed by atoms with Crippen LogP contribution < -0.4 is 10.5 Å². The molecular weight excluding hydrogens is 249 g/mol. The Morgan fingerprint density at radius 1 is 1.32 bits per heavy atom. The van der Waals surface area contributed by atoms with Gasteiger partial charge >= 0.3 is 0 Å². The van der Waals surface area contributed by atoms with Gasteiger partial charge in [0.1, 0.15) is 17.0 Å². The molecule has 3 aromatic rings. The van der Waals surface area contributed by atoms with E-state index < -0.39 is 0 Å². The second-order valence-electron chi connectivity index (χ2n) is 4.03. The van der Waals surface area contributed by atoms with Crippen molar-refractivity contribution in [1.82, 2.24) is 20.2 Å². The topological polar surface area (TPSA) is 89.7 Å². The van der Waals surface area contributed by atoms with Crippen LogP contribution in [0.15, 0.2) is 24.4 Å². The van der Waals surface area contributed by atoms with Gasteiger partial charge in [-0.25, -0.2) is 4.39 Å². The van der Waals surface area contributed by atoms with Crippen LogP contribution in [0.3, 0.4) is 0 Å². The van der Waals surface area contributed by atoms with E-state index in [1.165, 1.54) is 12.3 Å². The van der Waals surface area contributed by atoms with Gasteiger partial charge in [0.25, 0.3) is 0 Å². The van der Waals surface area contributed by atoms with Gasteiger partial charge in [-0.15, -0.1) is 0 Å². The summed E-state index contributed by atoms with van der Waals surface area (Å²) in [6.45, 7) is 1.68. The van der Waals surface area contributed by atoms with Crippen molar-refractivity contribution >= 4 is 17.0 Å². The molecule has 0 fully saturated rings. The van der Waals surface area contributed by atoms with E-state index in [1.807, 2.05) is 0 Å². The Morgan fingerprint density at radius 3 is 2.95 bits per heavy atom. The minimum absolute atomic E-state index is 0.0549. The van der Waals surface area contributed by atoms with E-state index in [4.69, 9.17) is 10.5 Å². The van der Waals surface area contributed by atoms with Gasteiger partial charge in [0.2, 0.25) is 11.8 Å². The van der Waals surface area contributed by atoms with Crippen molar-refractivity contribution in [3.8, 4) is 11.6 Å². The Labute approximate surface area is 107 Å². The lowest BCUT2D eigenvalue weighted by Gasteiger charge is -2.06. The number of hydrogen-bond acceptors (Lipinski definition) is 5. The Balaban J connectivity index is 2.04. The predicted molar refractivity (Wildman–Crippen MR) is 67.3 cm³/mol. The van der Waals surface area contributed by atoms with Gasteiger partial charge in [-0.1, -0.05) is 6.07 Å². The number of benzene rings is 1. The normalized spacial score (nSPS) is 10.8. The molecule has 0 aliphatic rings. The summed E-state index contributed by atoms with van der Waals surface area (Å²) in [7, 11) is 0. The fourth-order valence-corrected chi connectivity index (χ4v) is 1.65. The Morgan fingerprint density at radius 2 is 2.16 bits per heavy atom. The number of rotatable bonds is 2. The number of ether oxygens (including phenoxy) is 1. The van der Waals surface area contributed by atoms with Crippen LogP contribution in [0.1, 0.15) is 5.56 Å². The Kier molecular flexibility index (Phi) is 2.52. The van der Waals surface area contributed by atoms with Gasteiger partial charge in [-0.2, -0.15) is 15.1 Å². The molecule has 19 heavy (non-hydrogen) atoms. The Hall–Kier alpha value is -2.70. The monoisotopic (exact) mass is 259 g/mol. The highest BCUT2D eigenvalue weighted by Gasteiger charge is 2.11. The van der Waals surface area contributed by atoms with E-state index in [9.17, 15) is 4.39 Å². The minimum Gasteiger partial charge on any atom is -0.438 e. The fourth-order valence-electron chi connectivity index (χ4n) is 1.65. The first-order valence-corrected chi connectivity index (χ1v) is 5.54. The second-order valence-corrected chi connectivity index (χ2v) is 4.03. The molecule has 3 rings (SSSR count). The quantitative estimate of drug-likeness (QED) is 0.736. The molecule has 0 unspecified atom stereocenters. The van der Waals surface area contributed by atoms with Crippen LogP contribution in [0.5, 0.6) is 11.6 Å². The third-order valence-corrected chi connectivity index (χ3v) is 2.65. The first-order chi connectivity index (χ1) is 9.13. The van der Waals surface area contributed by atoms with Crippen molar-refractivity contribution < 1.29 is 9.13 Å². The molecule has 1 aromatic carbocycles. The fraction of sp³-hybridized carbons (Fsp3) is 0.0833. The number of nitrogens with two attached hydrogens (primary N) is 1. The highest BCUT2D eigenvalue weighted by Crippen LogP contribution is 2.27. The van der Waals surface area contributed by atoms with Crippen molar-refractivity contribution in [3.05, 3.63) is 35.8 Å². The minimum atomic E-state index is -0.344. The lowest BCUT2D eigenvalue weighted by atomic mass is 10.2. The van der Waals surface area contributed by atoms with Crippen LogP contribution in [-0.4, -0.2) is 20.2 Å². The number of hydrogen-bond donors (Lipinski definition) is 2. The molecule has 2 heterocycles. The zero-order valence-electron chi connectivity index (χ0n) is 10.0. The van der Waals surface area contributed by atoms with Crippen LogP contribution in [0, 0.1) is 12.7 Å². The molecule has 2 aromatic heterocycles. The second kappa shape index (κ2) is 4.20. The van der Waals surface area contributed by atoms with Crippen molar-refractivity contribution in [1.29, 1.82) is 0 Å². The van der Waals surface area contributed by atoms with E-state index in [1.54, 1.807) is 19.1 Å². The molecule has 0 radical (unpaired) electrons. The molecule has 0 bridgehead atoms.